The summed E-state index contributed by atoms with van der Waals surface area (Å²) in [6, 6.07) is 19.6. The molecule has 4 rings (SSSR count). The minimum Gasteiger partial charge on any atom is -0.455 e. The highest BCUT2D eigenvalue weighted by Gasteiger charge is 2.27. The molecule has 0 saturated carbocycles. The normalized spacial score (nSPS) is 13.4. The van der Waals surface area contributed by atoms with Crippen LogP contribution in [0.3, 0.4) is 0 Å². The lowest BCUT2D eigenvalue weighted by Gasteiger charge is -2.31. The maximum atomic E-state index is 12.8. The first kappa shape index (κ1) is 25.4. The summed E-state index contributed by atoms with van der Waals surface area (Å²) in [6.07, 6.45) is 2.67. The zero-order valence-electron chi connectivity index (χ0n) is 20.4. The molecule has 37 heavy (non-hydrogen) atoms. The first-order valence-electron chi connectivity index (χ1n) is 12.0. The second-order valence-electron chi connectivity index (χ2n) is 8.80. The fraction of sp³-hybridized carbons (Fsp3) is 0.250. The summed E-state index contributed by atoms with van der Waals surface area (Å²) in [5.74, 6) is -0.858. The predicted octanol–water partition coefficient (Wildman–Crippen LogP) is 3.91. The third-order valence-corrected chi connectivity index (χ3v) is 6.10. The van der Waals surface area contributed by atoms with Crippen molar-refractivity contribution in [3.8, 4) is 6.07 Å². The number of benzene rings is 2. The van der Waals surface area contributed by atoms with Gasteiger partial charge in [0.05, 0.1) is 22.7 Å². The molecule has 1 fully saturated rings. The number of esters is 1. The lowest BCUT2D eigenvalue weighted by Crippen LogP contribution is -2.38. The molecule has 2 heterocycles. The molecule has 1 aliphatic rings. The minimum absolute atomic E-state index is 0.299. The fourth-order valence-electron chi connectivity index (χ4n) is 4.14. The van der Waals surface area contributed by atoms with Crippen LogP contribution >= 0.6 is 0 Å². The van der Waals surface area contributed by atoms with Gasteiger partial charge in [0, 0.05) is 25.0 Å². The van der Waals surface area contributed by atoms with Crippen molar-refractivity contribution in [1.82, 2.24) is 4.98 Å². The van der Waals surface area contributed by atoms with Crippen LogP contribution in [0.5, 0.6) is 0 Å². The van der Waals surface area contributed by atoms with Crippen LogP contribution in [0.4, 0.5) is 17.2 Å². The van der Waals surface area contributed by atoms with Gasteiger partial charge < -0.3 is 20.3 Å². The van der Waals surface area contributed by atoms with Gasteiger partial charge in [0.15, 0.2) is 6.61 Å². The monoisotopic (exact) mass is 497 g/mol. The number of carbonyl (C=O) groups excluding carboxylic acids is 3. The van der Waals surface area contributed by atoms with Crippen LogP contribution < -0.4 is 15.5 Å². The van der Waals surface area contributed by atoms with E-state index in [1.54, 1.807) is 42.5 Å². The number of para-hydroxylation sites is 1. The summed E-state index contributed by atoms with van der Waals surface area (Å²) < 4.78 is 5.27. The molecule has 0 radical (unpaired) electrons. The molecular formula is C28H27N5O4. The Labute approximate surface area is 215 Å². The van der Waals surface area contributed by atoms with Crippen molar-refractivity contribution in [1.29, 1.82) is 5.26 Å². The molecule has 3 aromatic rings. The van der Waals surface area contributed by atoms with E-state index in [9.17, 15) is 14.4 Å². The Morgan fingerprint density at radius 2 is 1.84 bits per heavy atom. The van der Waals surface area contributed by atoms with Gasteiger partial charge in [-0.3, -0.25) is 14.4 Å². The fourth-order valence-corrected chi connectivity index (χ4v) is 4.14. The molecule has 2 N–H and O–H groups in total. The van der Waals surface area contributed by atoms with Crippen molar-refractivity contribution in [2.45, 2.75) is 19.8 Å². The van der Waals surface area contributed by atoms with Gasteiger partial charge in [-0.1, -0.05) is 24.3 Å². The molecule has 9 heteroatoms. The highest BCUT2D eigenvalue weighted by atomic mass is 16.5. The summed E-state index contributed by atoms with van der Waals surface area (Å²) >= 11 is 0. The zero-order chi connectivity index (χ0) is 26.2. The third kappa shape index (κ3) is 6.70. The van der Waals surface area contributed by atoms with E-state index in [1.807, 2.05) is 31.2 Å². The summed E-state index contributed by atoms with van der Waals surface area (Å²) in [4.78, 5) is 44.2. The Hall–Kier alpha value is -4.71. The second-order valence-corrected chi connectivity index (χ2v) is 8.80. The van der Waals surface area contributed by atoms with Gasteiger partial charge in [-0.15, -0.1) is 0 Å². The van der Waals surface area contributed by atoms with Crippen molar-refractivity contribution < 1.29 is 19.1 Å². The maximum absolute atomic E-state index is 12.8. The molecule has 0 atom stereocenters. The number of pyridine rings is 1. The Morgan fingerprint density at radius 3 is 2.54 bits per heavy atom. The molecule has 0 aliphatic carbocycles. The van der Waals surface area contributed by atoms with E-state index in [0.717, 1.165) is 11.4 Å². The maximum Gasteiger partial charge on any atom is 0.309 e. The lowest BCUT2D eigenvalue weighted by atomic mass is 9.97. The van der Waals surface area contributed by atoms with E-state index in [2.05, 4.69) is 20.5 Å². The van der Waals surface area contributed by atoms with Gasteiger partial charge in [-0.2, -0.15) is 5.26 Å². The number of ether oxygens (including phenoxy) is 1. The number of nitrogens with zero attached hydrogens (tertiary/aromatic N) is 3. The van der Waals surface area contributed by atoms with E-state index in [-0.39, 0.29) is 11.8 Å². The minimum atomic E-state index is -0.525. The number of nitriles is 1. The van der Waals surface area contributed by atoms with E-state index >= 15 is 0 Å². The Bertz CT molecular complexity index is 1320. The number of aromatic nitrogens is 1. The van der Waals surface area contributed by atoms with Crippen LogP contribution in [0.2, 0.25) is 0 Å². The highest BCUT2D eigenvalue weighted by molar-refractivity contribution is 6.10. The third-order valence-electron chi connectivity index (χ3n) is 6.10. The van der Waals surface area contributed by atoms with Crippen LogP contribution in [-0.4, -0.2) is 42.5 Å². The Morgan fingerprint density at radius 1 is 1.05 bits per heavy atom. The number of anilines is 3. The molecule has 1 aromatic heterocycles. The predicted molar refractivity (Wildman–Crippen MR) is 139 cm³/mol. The van der Waals surface area contributed by atoms with E-state index < -0.39 is 18.5 Å². The van der Waals surface area contributed by atoms with Gasteiger partial charge in [-0.05, 0) is 61.7 Å². The van der Waals surface area contributed by atoms with Gasteiger partial charge in [0.2, 0.25) is 0 Å². The van der Waals surface area contributed by atoms with Gasteiger partial charge in [0.25, 0.3) is 11.8 Å². The van der Waals surface area contributed by atoms with Crippen LogP contribution in [0, 0.1) is 24.2 Å². The zero-order valence-corrected chi connectivity index (χ0v) is 20.4. The molecule has 0 bridgehead atoms. The van der Waals surface area contributed by atoms with Crippen LogP contribution in [-0.2, 0) is 14.3 Å². The number of hydrogen-bond donors (Lipinski definition) is 2. The SMILES string of the molecule is Cc1cccc(NC(=O)c2ccccc2NC(=O)COC(=O)C2CCN(c3ccc(C#N)cn3)CC2)c1. The molecule has 9 nitrogen and oxygen atoms in total. The highest BCUT2D eigenvalue weighted by Crippen LogP contribution is 2.23. The number of carbonyl (C=O) groups is 3. The van der Waals surface area contributed by atoms with Crippen molar-refractivity contribution in [3.63, 3.8) is 0 Å². The standard InChI is InChI=1S/C28H27N5O4/c1-19-5-4-6-22(15-19)31-27(35)23-7-2-3-8-24(23)32-26(34)18-37-28(36)21-11-13-33(14-12-21)25-10-9-20(16-29)17-30-25/h2-10,15,17,21H,11-14,18H2,1H3,(H,31,35)(H,32,34). The Balaban J connectivity index is 1.26. The number of amides is 2. The van der Waals surface area contributed by atoms with Gasteiger partial charge in [-0.25, -0.2) is 4.98 Å². The van der Waals surface area contributed by atoms with Crippen molar-refractivity contribution >= 4 is 35.0 Å². The average Bonchev–Trinajstić information content (AvgIpc) is 2.92. The quantitative estimate of drug-likeness (QED) is 0.474. The summed E-state index contributed by atoms with van der Waals surface area (Å²) in [7, 11) is 0. The number of piperidine rings is 1. The lowest BCUT2D eigenvalue weighted by molar-refractivity contribution is -0.152. The average molecular weight is 498 g/mol. The summed E-state index contributed by atoms with van der Waals surface area (Å²) in [5, 5.41) is 14.4. The van der Waals surface area contributed by atoms with Crippen molar-refractivity contribution in [2.24, 2.45) is 5.92 Å². The van der Waals surface area contributed by atoms with Crippen LogP contribution in [0.15, 0.2) is 66.9 Å². The van der Waals surface area contributed by atoms with Crippen LogP contribution in [0.1, 0.15) is 34.3 Å². The number of aryl methyl sites for hydroxylation is 1. The van der Waals surface area contributed by atoms with E-state index in [1.165, 1.54) is 6.20 Å². The number of hydrogen-bond acceptors (Lipinski definition) is 7. The first-order valence-corrected chi connectivity index (χ1v) is 12.0. The number of rotatable bonds is 7. The summed E-state index contributed by atoms with van der Waals surface area (Å²) in [6.45, 7) is 2.73. The molecule has 1 aliphatic heterocycles. The largest absolute Gasteiger partial charge is 0.455 e. The Kier molecular flexibility index (Phi) is 8.11. The van der Waals surface area contributed by atoms with Crippen molar-refractivity contribution in [3.05, 3.63) is 83.6 Å². The molecule has 0 unspecified atom stereocenters. The second kappa shape index (κ2) is 11.8. The summed E-state index contributed by atoms with van der Waals surface area (Å²) in [5.41, 5.74) is 2.79. The first-order chi connectivity index (χ1) is 17.9. The molecule has 2 aromatic carbocycles. The molecule has 2 amide bonds. The topological polar surface area (TPSA) is 124 Å². The van der Waals surface area contributed by atoms with Gasteiger partial charge in [0.1, 0.15) is 11.9 Å². The molecule has 0 spiro atoms. The number of nitrogens with one attached hydrogen (secondary N) is 2. The van der Waals surface area contributed by atoms with Crippen LogP contribution in [0.25, 0.3) is 0 Å². The van der Waals surface area contributed by atoms with E-state index in [0.29, 0.717) is 48.4 Å². The molecular weight excluding hydrogens is 470 g/mol. The molecule has 1 saturated heterocycles. The smallest absolute Gasteiger partial charge is 0.309 e. The van der Waals surface area contributed by atoms with Gasteiger partial charge >= 0.3 is 5.97 Å². The molecule has 188 valence electrons. The van der Waals surface area contributed by atoms with Crippen molar-refractivity contribution in [2.75, 3.05) is 35.2 Å². The van der Waals surface area contributed by atoms with E-state index in [4.69, 9.17) is 10.00 Å².